The van der Waals surface area contributed by atoms with E-state index in [4.69, 9.17) is 13.7 Å². The minimum absolute atomic E-state index is 0.0442. The van der Waals surface area contributed by atoms with E-state index < -0.39 is 6.10 Å². The summed E-state index contributed by atoms with van der Waals surface area (Å²) in [4.78, 5) is 12.0. The highest BCUT2D eigenvalue weighted by Gasteiger charge is 2.35. The van der Waals surface area contributed by atoms with Gasteiger partial charge in [0, 0.05) is 25.0 Å². The van der Waals surface area contributed by atoms with E-state index in [0.717, 1.165) is 6.42 Å². The molecule has 0 radical (unpaired) electrons. The first-order valence-electron chi connectivity index (χ1n) is 7.51. The lowest BCUT2D eigenvalue weighted by Gasteiger charge is -2.19. The molecule has 9 heteroatoms. The van der Waals surface area contributed by atoms with Crippen LogP contribution in [0.1, 0.15) is 19.3 Å². The molecular weight excluding hydrogens is 292 g/mol. The molecule has 0 saturated carbocycles. The lowest BCUT2D eigenvalue weighted by molar-refractivity contribution is -0.123. The Morgan fingerprint density at radius 1 is 1.29 bits per heavy atom. The Hall–Kier alpha value is -0.210. The molecule has 2 unspecified atom stereocenters. The maximum absolute atomic E-state index is 12.0. The minimum atomic E-state index is -0.500. The summed E-state index contributed by atoms with van der Waals surface area (Å²) in [6.45, 7) is 0.731. The van der Waals surface area contributed by atoms with Gasteiger partial charge in [-0.15, -0.1) is 0 Å². The summed E-state index contributed by atoms with van der Waals surface area (Å²) in [5.74, 6) is 0.0951. The van der Waals surface area contributed by atoms with Gasteiger partial charge in [-0.05, 0) is 31.7 Å². The molecule has 0 aliphatic carbocycles. The number of thiol groups is 1. The van der Waals surface area contributed by atoms with E-state index in [1.54, 1.807) is 0 Å². The van der Waals surface area contributed by atoms with Crippen molar-refractivity contribution >= 4 is 34.5 Å². The minimum Gasteiger partial charge on any atom is -0.390 e. The second-order valence-corrected chi connectivity index (χ2v) is 6.33. The maximum Gasteiger partial charge on any atom is 0.220 e. The average molecular weight is 315 g/mol. The fourth-order valence-electron chi connectivity index (χ4n) is 3.15. The standard InChI is InChI=1S/C12H23B2NO5S/c13-10-1-6(9(20-10)5-18-21)2-12(17)15-4-8-7(16)3-11(14)19-8/h6-11,16,21H,1-5,13-14H2,(H,15,17)/t6?,7?,8-,9-,10-,11-/m1/s1. The molecule has 2 N–H and O–H groups in total. The zero-order valence-electron chi connectivity index (χ0n) is 12.5. The molecule has 21 heavy (non-hydrogen) atoms. The van der Waals surface area contributed by atoms with Crippen molar-refractivity contribution in [2.24, 2.45) is 5.92 Å². The van der Waals surface area contributed by atoms with Crippen LogP contribution >= 0.6 is 12.9 Å². The van der Waals surface area contributed by atoms with Gasteiger partial charge in [0.05, 0.1) is 18.8 Å². The highest BCUT2D eigenvalue weighted by molar-refractivity contribution is 7.75. The number of aliphatic hydroxyl groups is 1. The molecule has 2 fully saturated rings. The second kappa shape index (κ2) is 7.87. The molecule has 0 spiro atoms. The van der Waals surface area contributed by atoms with Gasteiger partial charge in [0.2, 0.25) is 5.91 Å². The molecule has 0 bridgehead atoms. The van der Waals surface area contributed by atoms with Crippen molar-refractivity contribution in [3.05, 3.63) is 0 Å². The van der Waals surface area contributed by atoms with Gasteiger partial charge in [-0.1, -0.05) is 0 Å². The number of carbonyl (C=O) groups excluding carboxylic acids is 1. The number of nitrogens with one attached hydrogen (secondary N) is 1. The third kappa shape index (κ3) is 4.89. The van der Waals surface area contributed by atoms with Crippen LogP contribution in [0.15, 0.2) is 0 Å². The Kier molecular flexibility index (Phi) is 6.43. The molecule has 2 aliphatic rings. The van der Waals surface area contributed by atoms with Crippen LogP contribution in [0.5, 0.6) is 0 Å². The Labute approximate surface area is 132 Å². The van der Waals surface area contributed by atoms with Gasteiger partial charge in [-0.2, -0.15) is 0 Å². The number of aliphatic hydroxyl groups excluding tert-OH is 1. The van der Waals surface area contributed by atoms with Crippen molar-refractivity contribution in [3.8, 4) is 0 Å². The molecule has 0 aromatic rings. The summed E-state index contributed by atoms with van der Waals surface area (Å²) in [6.07, 6.45) is 0.964. The quantitative estimate of drug-likeness (QED) is 0.295. The summed E-state index contributed by atoms with van der Waals surface area (Å²) in [6, 6.07) is 0.181. The third-order valence-electron chi connectivity index (χ3n) is 4.16. The number of ether oxygens (including phenoxy) is 2. The topological polar surface area (TPSA) is 77.0 Å². The largest absolute Gasteiger partial charge is 0.390 e. The lowest BCUT2D eigenvalue weighted by atomic mass is 9.89. The molecule has 2 saturated heterocycles. The monoisotopic (exact) mass is 315 g/mol. The van der Waals surface area contributed by atoms with E-state index >= 15 is 0 Å². The summed E-state index contributed by atoms with van der Waals surface area (Å²) >= 11 is 3.75. The fourth-order valence-corrected chi connectivity index (χ4v) is 3.30. The number of carbonyl (C=O) groups is 1. The molecule has 0 aromatic heterocycles. The summed E-state index contributed by atoms with van der Waals surface area (Å²) in [7, 11) is 3.91. The van der Waals surface area contributed by atoms with Crippen molar-refractivity contribution in [2.45, 2.75) is 49.6 Å². The molecule has 1 amide bonds. The first kappa shape index (κ1) is 17.1. The summed E-state index contributed by atoms with van der Waals surface area (Å²) in [5, 5.41) is 12.6. The van der Waals surface area contributed by atoms with Crippen LogP contribution in [0.2, 0.25) is 0 Å². The normalized spacial score (nSPS) is 39.5. The first-order chi connectivity index (χ1) is 9.99. The predicted molar refractivity (Wildman–Crippen MR) is 85.7 cm³/mol. The Morgan fingerprint density at radius 2 is 1.95 bits per heavy atom. The van der Waals surface area contributed by atoms with Crippen molar-refractivity contribution in [2.75, 3.05) is 13.2 Å². The highest BCUT2D eigenvalue weighted by Crippen LogP contribution is 2.28. The molecule has 2 rings (SSSR count). The Morgan fingerprint density at radius 3 is 2.57 bits per heavy atom. The molecule has 6 atom stereocenters. The van der Waals surface area contributed by atoms with Crippen LogP contribution in [0.3, 0.4) is 0 Å². The molecular formula is C12H23B2NO5S. The SMILES string of the molecule is B[C@H]1CC(O)[C@@H](CNC(=O)CC2C[C@H](B)O[C@@H]2COS)O1. The molecule has 0 aromatic carbocycles. The number of hydrogen-bond donors (Lipinski definition) is 3. The van der Waals surface area contributed by atoms with Crippen LogP contribution < -0.4 is 5.32 Å². The van der Waals surface area contributed by atoms with Crippen LogP contribution in [-0.4, -0.2) is 70.2 Å². The molecule has 2 aliphatic heterocycles. The van der Waals surface area contributed by atoms with Crippen LogP contribution in [0.25, 0.3) is 0 Å². The van der Waals surface area contributed by atoms with E-state index in [1.807, 2.05) is 15.7 Å². The smallest absolute Gasteiger partial charge is 0.220 e. The van der Waals surface area contributed by atoms with Crippen molar-refractivity contribution in [3.63, 3.8) is 0 Å². The van der Waals surface area contributed by atoms with Gasteiger partial charge in [-0.3, -0.25) is 4.79 Å². The van der Waals surface area contributed by atoms with Gasteiger partial charge >= 0.3 is 0 Å². The van der Waals surface area contributed by atoms with Crippen molar-refractivity contribution < 1.29 is 23.6 Å². The Balaban J connectivity index is 1.74. The lowest BCUT2D eigenvalue weighted by Crippen LogP contribution is -2.38. The average Bonchev–Trinajstić information content (AvgIpc) is 2.90. The zero-order valence-corrected chi connectivity index (χ0v) is 13.4. The van der Waals surface area contributed by atoms with E-state index in [0.29, 0.717) is 26.0 Å². The third-order valence-corrected chi connectivity index (χ3v) is 4.31. The van der Waals surface area contributed by atoms with Crippen LogP contribution in [-0.2, 0) is 18.5 Å². The van der Waals surface area contributed by atoms with Gasteiger partial charge < -0.3 is 24.1 Å². The molecule has 6 nitrogen and oxygen atoms in total. The fraction of sp³-hybridized carbons (Fsp3) is 0.917. The van der Waals surface area contributed by atoms with Gasteiger partial charge in [0.25, 0.3) is 0 Å². The first-order valence-corrected chi connectivity index (χ1v) is 7.88. The number of hydrogen-bond acceptors (Lipinski definition) is 6. The van der Waals surface area contributed by atoms with E-state index in [1.165, 1.54) is 0 Å². The van der Waals surface area contributed by atoms with Crippen LogP contribution in [0.4, 0.5) is 0 Å². The van der Waals surface area contributed by atoms with Crippen LogP contribution in [0, 0.1) is 5.92 Å². The summed E-state index contributed by atoms with van der Waals surface area (Å²) in [5.41, 5.74) is 0. The van der Waals surface area contributed by atoms with Gasteiger partial charge in [-0.25, -0.2) is 0 Å². The van der Waals surface area contributed by atoms with E-state index in [-0.39, 0.29) is 36.0 Å². The summed E-state index contributed by atoms with van der Waals surface area (Å²) < 4.78 is 16.1. The Bertz CT molecular complexity index is 365. The van der Waals surface area contributed by atoms with E-state index in [2.05, 4.69) is 18.2 Å². The maximum atomic E-state index is 12.0. The van der Waals surface area contributed by atoms with Gasteiger partial charge in [0.1, 0.15) is 21.8 Å². The predicted octanol–water partition coefficient (Wildman–Crippen LogP) is -2.17. The van der Waals surface area contributed by atoms with E-state index in [9.17, 15) is 9.90 Å². The number of rotatable bonds is 6. The van der Waals surface area contributed by atoms with Crippen molar-refractivity contribution in [1.29, 1.82) is 0 Å². The highest BCUT2D eigenvalue weighted by atomic mass is 32.1. The molecule has 118 valence electrons. The zero-order chi connectivity index (χ0) is 15.4. The second-order valence-electron chi connectivity index (χ2n) is 6.07. The van der Waals surface area contributed by atoms with Gasteiger partial charge in [0.15, 0.2) is 0 Å². The molecule has 2 heterocycles. The number of amides is 1. The van der Waals surface area contributed by atoms with Crippen molar-refractivity contribution in [1.82, 2.24) is 5.32 Å².